The number of amides is 1. The highest BCUT2D eigenvalue weighted by Crippen LogP contribution is 2.26. The number of ether oxygens (including phenoxy) is 3. The Balaban J connectivity index is 1.50. The van der Waals surface area contributed by atoms with Crippen molar-refractivity contribution in [2.45, 2.75) is 32.0 Å². The lowest BCUT2D eigenvalue weighted by Gasteiger charge is -2.18. The van der Waals surface area contributed by atoms with Crippen LogP contribution in [0.1, 0.15) is 29.5 Å². The number of rotatable bonds is 9. The van der Waals surface area contributed by atoms with Crippen LogP contribution in [0.2, 0.25) is 0 Å². The van der Waals surface area contributed by atoms with Crippen molar-refractivity contribution in [1.29, 1.82) is 0 Å². The van der Waals surface area contributed by atoms with Crippen molar-refractivity contribution < 1.29 is 19.0 Å². The van der Waals surface area contributed by atoms with E-state index in [2.05, 4.69) is 11.9 Å². The Kier molecular flexibility index (Phi) is 7.42. The number of methoxy groups -OCH3 is 1. The van der Waals surface area contributed by atoms with Crippen LogP contribution in [0.5, 0.6) is 11.5 Å². The summed E-state index contributed by atoms with van der Waals surface area (Å²) in [6.07, 6.45) is 6.40. The summed E-state index contributed by atoms with van der Waals surface area (Å²) in [6, 6.07) is 13.6. The molecule has 2 saturated heterocycles. The van der Waals surface area contributed by atoms with Crippen molar-refractivity contribution in [2.24, 2.45) is 0 Å². The van der Waals surface area contributed by atoms with Gasteiger partial charge in [0.1, 0.15) is 23.8 Å². The van der Waals surface area contributed by atoms with Crippen LogP contribution >= 0.6 is 12.2 Å². The molecular weight excluding hydrogens is 436 g/mol. The molecule has 2 heterocycles. The normalized spacial score (nSPS) is 19.1. The highest BCUT2D eigenvalue weighted by atomic mass is 32.1. The van der Waals surface area contributed by atoms with Gasteiger partial charge in [-0.15, -0.1) is 6.58 Å². The van der Waals surface area contributed by atoms with Crippen molar-refractivity contribution in [1.82, 2.24) is 10.2 Å². The van der Waals surface area contributed by atoms with Gasteiger partial charge in [0.05, 0.1) is 19.8 Å². The Labute approximate surface area is 199 Å². The van der Waals surface area contributed by atoms with Gasteiger partial charge in [-0.3, -0.25) is 9.69 Å². The maximum Gasteiger partial charge on any atom is 0.276 e. The molecule has 4 rings (SSSR count). The van der Waals surface area contributed by atoms with E-state index in [1.165, 1.54) is 0 Å². The lowest BCUT2D eigenvalue weighted by atomic mass is 10.1. The van der Waals surface area contributed by atoms with Crippen LogP contribution in [0.25, 0.3) is 6.08 Å². The van der Waals surface area contributed by atoms with Gasteiger partial charge in [-0.05, 0) is 66.9 Å². The first-order valence-electron chi connectivity index (χ1n) is 11.0. The molecule has 0 aromatic heterocycles. The molecular formula is C26H28N2O4S. The number of carbonyl (C=O) groups excluding carboxylic acids is 1. The van der Waals surface area contributed by atoms with Crippen LogP contribution in [0, 0.1) is 0 Å². The molecule has 2 aliphatic heterocycles. The Bertz CT molecular complexity index is 1080. The number of hydrogen-bond acceptors (Lipinski definition) is 5. The number of allylic oxidation sites excluding steroid dienone is 1. The number of carbonyl (C=O) groups is 1. The molecule has 1 atom stereocenters. The molecule has 0 radical (unpaired) electrons. The molecule has 2 aliphatic rings. The molecule has 6 nitrogen and oxygen atoms in total. The first-order chi connectivity index (χ1) is 16.1. The SMILES string of the molecule is C=CCc1ccccc1OCc1cc(/C=C2/NC(=S)N(CC3CCCO3)C2=O)ccc1OC. The average Bonchev–Trinajstić information content (AvgIpc) is 3.43. The van der Waals surface area contributed by atoms with Gasteiger partial charge in [0.25, 0.3) is 5.91 Å². The minimum absolute atomic E-state index is 0.0433. The summed E-state index contributed by atoms with van der Waals surface area (Å²) in [5, 5.41) is 3.46. The fourth-order valence-electron chi connectivity index (χ4n) is 4.02. The molecule has 2 aromatic rings. The van der Waals surface area contributed by atoms with Crippen LogP contribution in [-0.2, 0) is 22.6 Å². The molecule has 0 aliphatic carbocycles. The van der Waals surface area contributed by atoms with E-state index in [1.807, 2.05) is 48.5 Å². The summed E-state index contributed by atoms with van der Waals surface area (Å²) in [6.45, 7) is 5.37. The Morgan fingerprint density at radius 3 is 2.85 bits per heavy atom. The number of thiocarbonyl (C=S) groups is 1. The van der Waals surface area contributed by atoms with Crippen LogP contribution in [0.4, 0.5) is 0 Å². The lowest BCUT2D eigenvalue weighted by Crippen LogP contribution is -2.37. The number of benzene rings is 2. The number of hydrogen-bond donors (Lipinski definition) is 1. The summed E-state index contributed by atoms with van der Waals surface area (Å²) in [7, 11) is 1.63. The van der Waals surface area contributed by atoms with Crippen LogP contribution < -0.4 is 14.8 Å². The van der Waals surface area contributed by atoms with Gasteiger partial charge in [0.15, 0.2) is 5.11 Å². The smallest absolute Gasteiger partial charge is 0.276 e. The van der Waals surface area contributed by atoms with Crippen LogP contribution in [0.3, 0.4) is 0 Å². The monoisotopic (exact) mass is 464 g/mol. The van der Waals surface area contributed by atoms with Gasteiger partial charge in [-0.2, -0.15) is 0 Å². The fraction of sp³-hybridized carbons (Fsp3) is 0.308. The fourth-order valence-corrected chi connectivity index (χ4v) is 4.29. The molecule has 7 heteroatoms. The second-order valence-corrected chi connectivity index (χ2v) is 8.39. The van der Waals surface area contributed by atoms with Gasteiger partial charge in [0, 0.05) is 12.2 Å². The second-order valence-electron chi connectivity index (χ2n) is 8.00. The lowest BCUT2D eigenvalue weighted by molar-refractivity contribution is -0.123. The molecule has 1 amide bonds. The minimum atomic E-state index is -0.137. The summed E-state index contributed by atoms with van der Waals surface area (Å²) in [5.74, 6) is 1.40. The predicted molar refractivity (Wildman–Crippen MR) is 132 cm³/mol. The molecule has 0 bridgehead atoms. The second kappa shape index (κ2) is 10.6. The Morgan fingerprint density at radius 2 is 2.09 bits per heavy atom. The highest BCUT2D eigenvalue weighted by molar-refractivity contribution is 7.80. The Morgan fingerprint density at radius 1 is 1.24 bits per heavy atom. The van der Waals surface area contributed by atoms with Gasteiger partial charge in [-0.1, -0.05) is 30.3 Å². The largest absolute Gasteiger partial charge is 0.496 e. The molecule has 1 unspecified atom stereocenters. The van der Waals surface area contributed by atoms with E-state index in [-0.39, 0.29) is 12.0 Å². The molecule has 2 fully saturated rings. The number of para-hydroxylation sites is 1. The third kappa shape index (κ3) is 5.43. The maximum absolute atomic E-state index is 12.9. The Hall–Kier alpha value is -3.16. The summed E-state index contributed by atoms with van der Waals surface area (Å²) >= 11 is 5.39. The summed E-state index contributed by atoms with van der Waals surface area (Å²) < 4.78 is 17.3. The van der Waals surface area contributed by atoms with Crippen LogP contribution in [0.15, 0.2) is 60.8 Å². The molecule has 2 aromatic carbocycles. The van der Waals surface area contributed by atoms with Gasteiger partial charge in [-0.25, -0.2) is 0 Å². The first-order valence-corrected chi connectivity index (χ1v) is 11.4. The topological polar surface area (TPSA) is 60.0 Å². The molecule has 33 heavy (non-hydrogen) atoms. The van der Waals surface area contributed by atoms with Crippen molar-refractivity contribution in [3.05, 3.63) is 77.5 Å². The van der Waals surface area contributed by atoms with E-state index in [4.69, 9.17) is 26.4 Å². The van der Waals surface area contributed by atoms with E-state index in [0.29, 0.717) is 24.0 Å². The molecule has 0 saturated carbocycles. The average molecular weight is 465 g/mol. The molecule has 0 spiro atoms. The zero-order valence-corrected chi connectivity index (χ0v) is 19.5. The van der Waals surface area contributed by atoms with Crippen molar-refractivity contribution in [2.75, 3.05) is 20.3 Å². The third-order valence-corrected chi connectivity index (χ3v) is 6.03. The predicted octanol–water partition coefficient (Wildman–Crippen LogP) is 4.24. The van der Waals surface area contributed by atoms with Crippen molar-refractivity contribution >= 4 is 29.3 Å². The molecule has 1 N–H and O–H groups in total. The van der Waals surface area contributed by atoms with Gasteiger partial charge in [0.2, 0.25) is 0 Å². The van der Waals surface area contributed by atoms with Gasteiger partial charge < -0.3 is 19.5 Å². The standard InChI is InChI=1S/C26H28N2O4S/c1-3-7-19-8-4-5-10-24(19)32-17-20-14-18(11-12-23(20)30-2)15-22-25(29)28(26(33)27-22)16-21-9-6-13-31-21/h3-5,8,10-12,14-15,21H,1,6-7,9,13,16-17H2,2H3,(H,27,33)/b22-15+. The highest BCUT2D eigenvalue weighted by Gasteiger charge is 2.33. The summed E-state index contributed by atoms with van der Waals surface area (Å²) in [5.41, 5.74) is 3.26. The first kappa shape index (κ1) is 23.0. The van der Waals surface area contributed by atoms with E-state index in [0.717, 1.165) is 54.1 Å². The van der Waals surface area contributed by atoms with E-state index in [1.54, 1.807) is 18.1 Å². The zero-order valence-electron chi connectivity index (χ0n) is 18.7. The van der Waals surface area contributed by atoms with Crippen LogP contribution in [-0.4, -0.2) is 42.3 Å². The summed E-state index contributed by atoms with van der Waals surface area (Å²) in [4.78, 5) is 14.5. The van der Waals surface area contributed by atoms with Crippen molar-refractivity contribution in [3.63, 3.8) is 0 Å². The third-order valence-electron chi connectivity index (χ3n) is 5.71. The van der Waals surface area contributed by atoms with E-state index < -0.39 is 0 Å². The minimum Gasteiger partial charge on any atom is -0.496 e. The quantitative estimate of drug-likeness (QED) is 0.340. The van der Waals surface area contributed by atoms with Gasteiger partial charge >= 0.3 is 0 Å². The molecule has 172 valence electrons. The van der Waals surface area contributed by atoms with Crippen molar-refractivity contribution in [3.8, 4) is 11.5 Å². The number of nitrogens with one attached hydrogen (secondary N) is 1. The maximum atomic E-state index is 12.9. The number of nitrogens with zero attached hydrogens (tertiary/aromatic N) is 1. The van der Waals surface area contributed by atoms with E-state index >= 15 is 0 Å². The van der Waals surface area contributed by atoms with E-state index in [9.17, 15) is 4.79 Å². The zero-order chi connectivity index (χ0) is 23.2.